The number of halogens is 1. The number of nitrogens with two attached hydrogens (primary N) is 1. The third-order valence-corrected chi connectivity index (χ3v) is 2.57. The molecule has 0 fully saturated rings. The summed E-state index contributed by atoms with van der Waals surface area (Å²) in [4.78, 5) is 0. The predicted molar refractivity (Wildman–Crippen MR) is 61.2 cm³/mol. The molecule has 0 saturated carbocycles. The highest BCUT2D eigenvalue weighted by Crippen LogP contribution is 2.34. The zero-order chi connectivity index (χ0) is 11.6. The van der Waals surface area contributed by atoms with E-state index in [2.05, 4.69) is 0 Å². The molecule has 4 heteroatoms. The van der Waals surface area contributed by atoms with Crippen molar-refractivity contribution in [1.82, 2.24) is 0 Å². The summed E-state index contributed by atoms with van der Waals surface area (Å²) in [6, 6.07) is 2.71. The molecular weight excluding hydrogens is 214 g/mol. The lowest BCUT2D eigenvalue weighted by Crippen LogP contribution is -2.15. The second-order valence-electron chi connectivity index (χ2n) is 3.88. The molecule has 0 bridgehead atoms. The van der Waals surface area contributed by atoms with Gasteiger partial charge in [0, 0.05) is 10.6 Å². The summed E-state index contributed by atoms with van der Waals surface area (Å²) in [5.74, 6) is 0.296. The van der Waals surface area contributed by atoms with Crippen molar-refractivity contribution >= 4 is 11.6 Å². The lowest BCUT2D eigenvalue weighted by atomic mass is 9.96. The third-order valence-electron chi connectivity index (χ3n) is 2.35. The molecule has 84 valence electrons. The summed E-state index contributed by atoms with van der Waals surface area (Å²) in [6.45, 7) is 3.70. The van der Waals surface area contributed by atoms with Crippen molar-refractivity contribution < 1.29 is 10.2 Å². The van der Waals surface area contributed by atoms with Crippen LogP contribution in [0.15, 0.2) is 12.1 Å². The van der Waals surface area contributed by atoms with Crippen LogP contribution in [0.4, 0.5) is 0 Å². The Morgan fingerprint density at radius 1 is 1.33 bits per heavy atom. The third kappa shape index (κ3) is 2.62. The molecule has 0 aliphatic carbocycles. The maximum atomic E-state index is 9.94. The van der Waals surface area contributed by atoms with E-state index >= 15 is 0 Å². The smallest absolute Gasteiger partial charge is 0.123 e. The van der Waals surface area contributed by atoms with E-state index in [1.807, 2.05) is 13.8 Å². The fourth-order valence-electron chi connectivity index (χ4n) is 1.46. The van der Waals surface area contributed by atoms with Crippen LogP contribution in [0.3, 0.4) is 0 Å². The van der Waals surface area contributed by atoms with Gasteiger partial charge in [-0.1, -0.05) is 25.4 Å². The molecule has 0 aliphatic rings. The van der Waals surface area contributed by atoms with Gasteiger partial charge in [0.15, 0.2) is 0 Å². The average molecular weight is 230 g/mol. The van der Waals surface area contributed by atoms with Gasteiger partial charge in [-0.15, -0.1) is 0 Å². The second-order valence-corrected chi connectivity index (χ2v) is 4.31. The van der Waals surface area contributed by atoms with Crippen molar-refractivity contribution in [2.45, 2.75) is 25.8 Å². The largest absolute Gasteiger partial charge is 0.507 e. The van der Waals surface area contributed by atoms with E-state index in [0.717, 1.165) is 5.56 Å². The van der Waals surface area contributed by atoms with Gasteiger partial charge >= 0.3 is 0 Å². The molecule has 0 heterocycles. The quantitative estimate of drug-likeness (QED) is 0.744. The van der Waals surface area contributed by atoms with Crippen molar-refractivity contribution in [1.29, 1.82) is 0 Å². The molecule has 4 N–H and O–H groups in total. The van der Waals surface area contributed by atoms with Crippen LogP contribution in [0, 0.1) is 0 Å². The van der Waals surface area contributed by atoms with Crippen molar-refractivity contribution in [3.8, 4) is 5.75 Å². The van der Waals surface area contributed by atoms with Gasteiger partial charge in [-0.3, -0.25) is 0 Å². The Labute approximate surface area is 94.5 Å². The minimum atomic E-state index is -0.596. The van der Waals surface area contributed by atoms with Gasteiger partial charge < -0.3 is 15.9 Å². The van der Waals surface area contributed by atoms with Crippen LogP contribution in [-0.4, -0.2) is 16.8 Å². The van der Waals surface area contributed by atoms with E-state index in [1.54, 1.807) is 12.1 Å². The first-order chi connectivity index (χ1) is 6.97. The summed E-state index contributed by atoms with van der Waals surface area (Å²) in [7, 11) is 0. The molecule has 1 unspecified atom stereocenters. The molecule has 1 aromatic carbocycles. The molecule has 0 spiro atoms. The van der Waals surface area contributed by atoms with Gasteiger partial charge in [-0.2, -0.15) is 0 Å². The van der Waals surface area contributed by atoms with Crippen molar-refractivity contribution in [3.05, 3.63) is 28.3 Å². The summed E-state index contributed by atoms with van der Waals surface area (Å²) >= 11 is 5.92. The lowest BCUT2D eigenvalue weighted by molar-refractivity contribution is 0.265. The van der Waals surface area contributed by atoms with Crippen LogP contribution in [0.2, 0.25) is 5.02 Å². The van der Waals surface area contributed by atoms with E-state index in [0.29, 0.717) is 10.6 Å². The molecule has 0 radical (unpaired) electrons. The van der Waals surface area contributed by atoms with Crippen molar-refractivity contribution in [2.75, 3.05) is 6.61 Å². The average Bonchev–Trinajstić information content (AvgIpc) is 2.19. The van der Waals surface area contributed by atoms with Gasteiger partial charge in [0.1, 0.15) is 5.75 Å². The van der Waals surface area contributed by atoms with E-state index in [9.17, 15) is 5.11 Å². The molecule has 0 saturated heterocycles. The Bertz CT molecular complexity index is 353. The molecule has 1 rings (SSSR count). The number of rotatable bonds is 3. The number of hydrogen-bond acceptors (Lipinski definition) is 3. The van der Waals surface area contributed by atoms with Crippen LogP contribution in [0.1, 0.15) is 36.9 Å². The summed E-state index contributed by atoms with van der Waals surface area (Å²) in [5, 5.41) is 19.4. The van der Waals surface area contributed by atoms with Crippen LogP contribution in [0.25, 0.3) is 0 Å². The van der Waals surface area contributed by atoms with Crippen LogP contribution in [-0.2, 0) is 0 Å². The zero-order valence-corrected chi connectivity index (χ0v) is 9.62. The number of phenols is 1. The van der Waals surface area contributed by atoms with Gasteiger partial charge in [0.2, 0.25) is 0 Å². The lowest BCUT2D eigenvalue weighted by Gasteiger charge is -2.16. The molecule has 3 nitrogen and oxygen atoms in total. The summed E-state index contributed by atoms with van der Waals surface area (Å²) < 4.78 is 0. The van der Waals surface area contributed by atoms with E-state index in [1.165, 1.54) is 0 Å². The molecule has 1 atom stereocenters. The van der Waals surface area contributed by atoms with Crippen molar-refractivity contribution in [3.63, 3.8) is 0 Å². The van der Waals surface area contributed by atoms with E-state index in [4.69, 9.17) is 22.4 Å². The molecular formula is C11H16ClNO2. The maximum Gasteiger partial charge on any atom is 0.123 e. The Balaban J connectivity index is 3.28. The van der Waals surface area contributed by atoms with Gasteiger partial charge in [-0.05, 0) is 23.6 Å². The van der Waals surface area contributed by atoms with Crippen LogP contribution >= 0.6 is 11.6 Å². The number of aliphatic hydroxyl groups is 1. The maximum absolute atomic E-state index is 9.94. The minimum absolute atomic E-state index is 0.135. The molecule has 15 heavy (non-hydrogen) atoms. The fraction of sp³-hybridized carbons (Fsp3) is 0.455. The minimum Gasteiger partial charge on any atom is -0.507 e. The van der Waals surface area contributed by atoms with Crippen molar-refractivity contribution in [2.24, 2.45) is 5.73 Å². The predicted octanol–water partition coefficient (Wildman–Crippen LogP) is 2.16. The molecule has 1 aromatic rings. The Hall–Kier alpha value is -0.770. The Morgan fingerprint density at radius 3 is 2.33 bits per heavy atom. The normalized spacial score (nSPS) is 13.2. The number of hydrogen-bond donors (Lipinski definition) is 3. The molecule has 0 aliphatic heterocycles. The number of aromatic hydroxyl groups is 1. The summed E-state index contributed by atoms with van der Waals surface area (Å²) in [5.41, 5.74) is 6.91. The first kappa shape index (κ1) is 12.3. The number of phenolic OH excluding ortho intramolecular Hbond substituents is 1. The van der Waals surface area contributed by atoms with E-state index in [-0.39, 0.29) is 18.3 Å². The molecule has 0 aromatic heterocycles. The standard InChI is InChI=1S/C11H16ClNO2/c1-6(2)8-3-7(12)4-9(11(8)15)10(13)5-14/h3-4,6,10,14-15H,5,13H2,1-2H3. The van der Waals surface area contributed by atoms with Gasteiger partial charge in [-0.25, -0.2) is 0 Å². The fourth-order valence-corrected chi connectivity index (χ4v) is 1.70. The second kappa shape index (κ2) is 4.84. The highest BCUT2D eigenvalue weighted by atomic mass is 35.5. The highest BCUT2D eigenvalue weighted by molar-refractivity contribution is 6.30. The van der Waals surface area contributed by atoms with Gasteiger partial charge in [0.05, 0.1) is 12.6 Å². The number of aliphatic hydroxyl groups excluding tert-OH is 1. The number of benzene rings is 1. The first-order valence-electron chi connectivity index (χ1n) is 4.86. The molecule has 0 amide bonds. The Kier molecular flexibility index (Phi) is 3.97. The monoisotopic (exact) mass is 229 g/mol. The Morgan fingerprint density at radius 2 is 1.87 bits per heavy atom. The van der Waals surface area contributed by atoms with Gasteiger partial charge in [0.25, 0.3) is 0 Å². The highest BCUT2D eigenvalue weighted by Gasteiger charge is 2.16. The SMILES string of the molecule is CC(C)c1cc(Cl)cc(C(N)CO)c1O. The van der Waals surface area contributed by atoms with Crippen LogP contribution in [0.5, 0.6) is 5.75 Å². The van der Waals surface area contributed by atoms with E-state index < -0.39 is 6.04 Å². The summed E-state index contributed by atoms with van der Waals surface area (Å²) in [6.07, 6.45) is 0. The first-order valence-corrected chi connectivity index (χ1v) is 5.24. The zero-order valence-electron chi connectivity index (χ0n) is 8.87. The topological polar surface area (TPSA) is 66.5 Å². The van der Waals surface area contributed by atoms with Crippen LogP contribution < -0.4 is 5.73 Å².